The standard InChI is InChI=1S/2C46H64N2O6S2.2Rh/c2*1-27(2)35-21-39(29(5)6)45(40(22-35)30(7)8)55(51,52)47-37(25-49)16-18-43(47)33-14-13-15-34(20-33)44-19-17-38(26-50)48(44)56(53,54)46-41(31(9)10)23-36(28(3)4)24-42(46)32(11)12;;/h2*13-15,20-32,37-38,43-44H,16-19H2,1-12H3;;/t2*37-,38-,43+,44+;;/m11../s1. The van der Waals surface area contributed by atoms with Gasteiger partial charge in [-0.25, -0.2) is 33.7 Å². The number of benzene rings is 6. The molecule has 2 radical (unpaired) electrons. The van der Waals surface area contributed by atoms with Crippen molar-refractivity contribution in [3.63, 3.8) is 0 Å². The second-order valence-corrected chi connectivity index (χ2v) is 43.0. The maximum absolute atomic E-state index is 15.2. The molecule has 4 aliphatic rings. The van der Waals surface area contributed by atoms with Crippen molar-refractivity contribution in [3.05, 3.63) is 186 Å². The average Bonchev–Trinajstić information content (AvgIpc) is 0.792. The number of carbonyl (C=O) groups is 4. The van der Waals surface area contributed by atoms with Crippen LogP contribution in [0.5, 0.6) is 0 Å². The minimum atomic E-state index is -4.19. The van der Waals surface area contributed by atoms with Crippen LogP contribution in [-0.4, -0.2) is 100 Å². The summed E-state index contributed by atoms with van der Waals surface area (Å²) < 4.78 is 127. The predicted molar refractivity (Wildman–Crippen MR) is 451 cm³/mol. The molecule has 4 heterocycles. The smallest absolute Gasteiger partial charge is 0.244 e. The zero-order chi connectivity index (χ0) is 83.2. The molecule has 0 N–H and O–H groups in total. The van der Waals surface area contributed by atoms with Crippen molar-refractivity contribution in [1.29, 1.82) is 0 Å². The van der Waals surface area contributed by atoms with Crippen LogP contribution in [-0.2, 0) is 98.2 Å². The van der Waals surface area contributed by atoms with Crippen LogP contribution in [0, 0.1) is 0 Å². The van der Waals surface area contributed by atoms with Gasteiger partial charge in [-0.3, -0.25) is 0 Å². The van der Waals surface area contributed by atoms with Crippen LogP contribution in [0.1, 0.15) is 402 Å². The van der Waals surface area contributed by atoms with Gasteiger partial charge in [-0.1, -0.05) is 263 Å². The Morgan fingerprint density at radius 2 is 0.395 bits per heavy atom. The number of rotatable bonds is 28. The molecule has 0 aliphatic carbocycles. The maximum Gasteiger partial charge on any atom is 0.244 e. The van der Waals surface area contributed by atoms with Gasteiger partial charge in [0, 0.05) is 39.0 Å². The number of sulfonamides is 4. The Morgan fingerprint density at radius 1 is 0.246 bits per heavy atom. The zero-order valence-corrected chi connectivity index (χ0v) is 78.3. The van der Waals surface area contributed by atoms with Crippen LogP contribution in [0.15, 0.2) is 117 Å². The maximum atomic E-state index is 15.2. The summed E-state index contributed by atoms with van der Waals surface area (Å²) in [5.41, 5.74) is 13.1. The summed E-state index contributed by atoms with van der Waals surface area (Å²) in [6, 6.07) is 25.2. The summed E-state index contributed by atoms with van der Waals surface area (Å²) in [6.07, 6.45) is 6.21. The molecule has 6 aromatic rings. The molecular weight excluding hydrogens is 1690 g/mol. The van der Waals surface area contributed by atoms with E-state index in [4.69, 9.17) is 0 Å². The normalized spacial score (nSPS) is 21.1. The first-order valence-electron chi connectivity index (χ1n) is 41.2. The molecule has 630 valence electrons. The number of aldehydes is 4. The third kappa shape index (κ3) is 19.0. The SMILES string of the molecule is CC(C)c1cc(C(C)C)c(S(=O)(=O)N2[C@@H](C=O)CC[C@H]2c2cccc([C@@H]3CC[C@H](C=O)N3S(=O)(=O)c3c(C(C)C)cc(C(C)C)cc3C(C)C)c2)c(C(C)C)c1.CC(C)c1cc(C(C)C)c(S(=O)(=O)N2[C@@H](C=O)CC[C@H]2c2cccc([C@@H]3CC[C@H](C=O)N3S(=O)(=O)c3c(C(C)C)cc(C(C)C)cc3C(C)C)c2)c(C(C)C)c1.[Rh].[Rh]. The summed E-state index contributed by atoms with van der Waals surface area (Å²) in [5, 5.41) is 0. The van der Waals surface area contributed by atoms with Crippen LogP contribution in [0.3, 0.4) is 0 Å². The molecule has 4 saturated heterocycles. The Balaban J connectivity index is 0.000000310. The van der Waals surface area contributed by atoms with Crippen molar-refractivity contribution in [2.24, 2.45) is 0 Å². The fraction of sp³-hybridized carbons (Fsp3) is 0.565. The summed E-state index contributed by atoms with van der Waals surface area (Å²) >= 11 is 0. The first-order chi connectivity index (χ1) is 52.4. The average molecular weight is 1820 g/mol. The molecule has 4 aliphatic heterocycles. The Morgan fingerprint density at radius 3 is 0.518 bits per heavy atom. The molecule has 6 aromatic carbocycles. The summed E-state index contributed by atoms with van der Waals surface area (Å²) in [4.78, 5) is 51.9. The first kappa shape index (κ1) is 96.0. The fourth-order valence-electron chi connectivity index (χ4n) is 17.5. The van der Waals surface area contributed by atoms with E-state index in [-0.39, 0.29) is 130 Å². The van der Waals surface area contributed by atoms with Crippen LogP contribution in [0.4, 0.5) is 0 Å². The van der Waals surface area contributed by atoms with E-state index >= 15 is 33.7 Å². The van der Waals surface area contributed by atoms with Crippen molar-refractivity contribution in [3.8, 4) is 0 Å². The molecule has 0 bridgehead atoms. The molecular formula is C92H128N4O12Rh2S4. The Labute approximate surface area is 711 Å². The molecule has 10 rings (SSSR count). The molecule has 0 saturated carbocycles. The van der Waals surface area contributed by atoms with Gasteiger partial charge in [0.1, 0.15) is 25.1 Å². The van der Waals surface area contributed by atoms with Gasteiger partial charge in [0.25, 0.3) is 0 Å². The van der Waals surface area contributed by atoms with Gasteiger partial charge in [0.05, 0.1) is 67.9 Å². The molecule has 0 spiro atoms. The number of nitrogens with zero attached hydrogens (tertiary/aromatic N) is 4. The molecule has 16 nitrogen and oxygen atoms in total. The topological polar surface area (TPSA) is 218 Å². The predicted octanol–water partition coefficient (Wildman–Crippen LogP) is 21.2. The minimum Gasteiger partial charge on any atom is -0.302 e. The molecule has 0 unspecified atom stereocenters. The van der Waals surface area contributed by atoms with Crippen molar-refractivity contribution < 1.29 is 91.8 Å². The Hall–Kier alpha value is -5.11. The van der Waals surface area contributed by atoms with Crippen LogP contribution in [0.2, 0.25) is 0 Å². The molecule has 22 heteroatoms. The number of carbonyl (C=O) groups excluding carboxylic acids is 4. The first-order valence-corrected chi connectivity index (χ1v) is 47.0. The van der Waals surface area contributed by atoms with E-state index in [2.05, 4.69) is 55.4 Å². The van der Waals surface area contributed by atoms with Crippen molar-refractivity contribution in [1.82, 2.24) is 17.2 Å². The monoisotopic (exact) mass is 1810 g/mol. The summed E-state index contributed by atoms with van der Waals surface area (Å²) in [5.74, 6) is 0.197. The molecule has 4 fully saturated rings. The minimum absolute atomic E-state index is 0. The van der Waals surface area contributed by atoms with E-state index in [0.717, 1.165) is 91.9 Å². The van der Waals surface area contributed by atoms with E-state index in [0.29, 0.717) is 73.6 Å². The van der Waals surface area contributed by atoms with E-state index in [1.807, 2.05) is 208 Å². The van der Waals surface area contributed by atoms with Crippen molar-refractivity contribution in [2.45, 2.75) is 356 Å². The largest absolute Gasteiger partial charge is 0.302 e. The fourth-order valence-corrected chi connectivity index (χ4v) is 27.4. The zero-order valence-electron chi connectivity index (χ0n) is 71.7. The van der Waals surface area contributed by atoms with E-state index in [1.54, 1.807) is 0 Å². The van der Waals surface area contributed by atoms with E-state index in [9.17, 15) is 19.2 Å². The second-order valence-electron chi connectivity index (χ2n) is 35.8. The summed E-state index contributed by atoms with van der Waals surface area (Å²) in [7, 11) is -16.8. The van der Waals surface area contributed by atoms with Gasteiger partial charge >= 0.3 is 0 Å². The van der Waals surface area contributed by atoms with Gasteiger partial charge in [-0.05, 0) is 211 Å². The van der Waals surface area contributed by atoms with Gasteiger partial charge < -0.3 is 19.2 Å². The van der Waals surface area contributed by atoms with Gasteiger partial charge in [0.15, 0.2) is 0 Å². The number of hydrogen-bond acceptors (Lipinski definition) is 12. The third-order valence-electron chi connectivity index (χ3n) is 23.9. The number of hydrogen-bond donors (Lipinski definition) is 0. The van der Waals surface area contributed by atoms with Gasteiger partial charge in [-0.15, -0.1) is 0 Å². The molecule has 114 heavy (non-hydrogen) atoms. The quantitative estimate of drug-likeness (QED) is 0.0331. The van der Waals surface area contributed by atoms with Crippen LogP contribution >= 0.6 is 0 Å². The Bertz CT molecular complexity index is 4210. The van der Waals surface area contributed by atoms with E-state index < -0.39 is 88.4 Å². The van der Waals surface area contributed by atoms with Crippen LogP contribution in [0.25, 0.3) is 0 Å². The van der Waals surface area contributed by atoms with Crippen LogP contribution < -0.4 is 0 Å². The third-order valence-corrected chi connectivity index (χ3v) is 32.2. The summed E-state index contributed by atoms with van der Waals surface area (Å²) in [6.45, 7) is 48.9. The molecule has 0 aromatic heterocycles. The van der Waals surface area contributed by atoms with Gasteiger partial charge in [-0.2, -0.15) is 17.2 Å². The Kier molecular flexibility index (Phi) is 32.4. The van der Waals surface area contributed by atoms with E-state index in [1.165, 1.54) is 17.2 Å². The molecule has 0 amide bonds. The van der Waals surface area contributed by atoms with Crippen molar-refractivity contribution >= 4 is 65.2 Å². The second kappa shape index (κ2) is 38.5. The van der Waals surface area contributed by atoms with Gasteiger partial charge in [0.2, 0.25) is 40.1 Å². The molecule has 8 atom stereocenters. The van der Waals surface area contributed by atoms with Crippen molar-refractivity contribution in [2.75, 3.05) is 0 Å².